The first-order valence-electron chi connectivity index (χ1n) is 9.42. The number of nitrogens with two attached hydrogens (primary N) is 2. The third kappa shape index (κ3) is 3.97. The lowest BCUT2D eigenvalue weighted by molar-refractivity contribution is 0.582. The molecule has 10 heteroatoms. The first kappa shape index (κ1) is 20.5. The topological polar surface area (TPSA) is 151 Å². The van der Waals surface area contributed by atoms with E-state index in [1.165, 1.54) is 6.20 Å². The highest BCUT2D eigenvalue weighted by Gasteiger charge is 2.20. The van der Waals surface area contributed by atoms with E-state index < -0.39 is 15.1 Å². The monoisotopic (exact) mass is 444 g/mol. The van der Waals surface area contributed by atoms with Gasteiger partial charge in [-0.15, -0.1) is 10.2 Å². The molecule has 0 fully saturated rings. The zero-order valence-electron chi connectivity index (χ0n) is 16.9. The molecule has 0 aliphatic rings. The van der Waals surface area contributed by atoms with Crippen molar-refractivity contribution in [1.29, 1.82) is 0 Å². The van der Waals surface area contributed by atoms with Gasteiger partial charge < -0.3 is 15.9 Å². The number of benzene rings is 2. The fraction of sp³-hybridized carbons (Fsp3) is 0.143. The highest BCUT2D eigenvalue weighted by atomic mass is 32.2. The Balaban J connectivity index is 0.00000289. The predicted molar refractivity (Wildman–Crippen MR) is 126 cm³/mol. The second-order valence-corrected chi connectivity index (χ2v) is 9.65. The quantitative estimate of drug-likeness (QED) is 0.431. The summed E-state index contributed by atoms with van der Waals surface area (Å²) in [6.45, 7) is 3.29. The largest absolute Gasteiger partial charge is 0.414 e. The van der Waals surface area contributed by atoms with Crippen LogP contribution in [0.15, 0.2) is 64.0 Å². The van der Waals surface area contributed by atoms with Crippen molar-refractivity contribution in [3.05, 3.63) is 54.7 Å². The molecule has 4 aromatic rings. The first-order chi connectivity index (χ1) is 14.8. The van der Waals surface area contributed by atoms with Gasteiger partial charge in [0.15, 0.2) is 21.3 Å². The summed E-state index contributed by atoms with van der Waals surface area (Å²) < 4.78 is 30.4. The molecule has 0 aliphatic heterocycles. The summed E-state index contributed by atoms with van der Waals surface area (Å²) in [5.41, 5.74) is 14.4. The van der Waals surface area contributed by atoms with Gasteiger partial charge >= 0.3 is 0 Å². The van der Waals surface area contributed by atoms with Gasteiger partial charge in [-0.2, -0.15) is 0 Å². The molecule has 0 bridgehead atoms. The molecule has 0 spiro atoms. The molecule has 0 unspecified atom stereocenters. The maximum absolute atomic E-state index is 12.3. The van der Waals surface area contributed by atoms with Crippen LogP contribution in [-0.4, -0.2) is 33.8 Å². The zero-order chi connectivity index (χ0) is 22.2. The van der Waals surface area contributed by atoms with Crippen molar-refractivity contribution in [1.82, 2.24) is 20.2 Å². The number of hydrogen-bond donors (Lipinski definition) is 2. The smallest absolute Gasteiger partial charge is 0.270 e. The zero-order valence-corrected chi connectivity index (χ0v) is 17.7. The van der Waals surface area contributed by atoms with E-state index in [9.17, 15) is 8.42 Å². The van der Waals surface area contributed by atoms with E-state index in [0.29, 0.717) is 28.4 Å². The Morgan fingerprint density at radius 2 is 1.52 bits per heavy atom. The summed E-state index contributed by atoms with van der Waals surface area (Å²) >= 11 is 0. The summed E-state index contributed by atoms with van der Waals surface area (Å²) in [5.74, 6) is 0.554. The average Bonchev–Trinajstić information content (AvgIpc) is 3.24. The molecule has 31 heavy (non-hydrogen) atoms. The van der Waals surface area contributed by atoms with Crippen LogP contribution in [0, 0.1) is 0 Å². The van der Waals surface area contributed by atoms with Crippen molar-refractivity contribution < 1.29 is 18.5 Å². The minimum absolute atomic E-state index is 0. The van der Waals surface area contributed by atoms with E-state index in [1.807, 2.05) is 0 Å². The van der Waals surface area contributed by atoms with Crippen LogP contribution in [0.3, 0.4) is 0 Å². The maximum atomic E-state index is 12.3. The highest BCUT2D eigenvalue weighted by molar-refractivity contribution is 7.92. The van der Waals surface area contributed by atoms with Crippen LogP contribution in [0.25, 0.3) is 34.3 Å². The maximum Gasteiger partial charge on any atom is 0.270 e. The molecular weight excluding hydrogens is 416 g/mol. The Morgan fingerprint density at radius 1 is 0.903 bits per heavy atom. The third-order valence-electron chi connectivity index (χ3n) is 4.69. The predicted octanol–water partition coefficient (Wildman–Crippen LogP) is 4.19. The molecule has 166 valence electrons. The van der Waals surface area contributed by atoms with E-state index in [2.05, 4.69) is 20.2 Å². The Bertz CT molecular complexity index is 1350. The third-order valence-corrected chi connectivity index (χ3v) is 6.86. The minimum Gasteiger partial charge on any atom is -0.414 e. The molecular formula is C21H28N6O3S. The standard InChI is InChI=1S/C21H20N6O3S.4H2/c1-12(2)31(28,29)16-9-5-13(6-10-16)17-11-24-19(23)18(25-17)21-27-26-20(30-21)14-3-7-15(22)8-4-14;;;;/h3-12H,22H2,1-2H3,(H2,23,24);4*1H. The molecule has 0 saturated heterocycles. The van der Waals surface area contributed by atoms with Gasteiger partial charge in [0.05, 0.1) is 22.0 Å². The van der Waals surface area contributed by atoms with Crippen LogP contribution in [0.4, 0.5) is 11.5 Å². The number of sulfone groups is 1. The number of hydrogen-bond acceptors (Lipinski definition) is 9. The second-order valence-electron chi connectivity index (χ2n) is 7.14. The van der Waals surface area contributed by atoms with Crippen molar-refractivity contribution in [3.63, 3.8) is 0 Å². The van der Waals surface area contributed by atoms with Gasteiger partial charge in [-0.3, -0.25) is 0 Å². The lowest BCUT2D eigenvalue weighted by Gasteiger charge is -2.09. The van der Waals surface area contributed by atoms with Crippen LogP contribution in [0.2, 0.25) is 0 Å². The lowest BCUT2D eigenvalue weighted by atomic mass is 10.1. The van der Waals surface area contributed by atoms with Crippen LogP contribution in [0.1, 0.15) is 19.6 Å². The first-order valence-corrected chi connectivity index (χ1v) is 11.0. The van der Waals surface area contributed by atoms with Gasteiger partial charge in [0.2, 0.25) is 5.89 Å². The molecule has 2 aromatic heterocycles. The van der Waals surface area contributed by atoms with E-state index in [1.54, 1.807) is 62.4 Å². The highest BCUT2D eigenvalue weighted by Crippen LogP contribution is 2.28. The van der Waals surface area contributed by atoms with E-state index >= 15 is 0 Å². The van der Waals surface area contributed by atoms with Crippen molar-refractivity contribution in [2.75, 3.05) is 11.5 Å². The van der Waals surface area contributed by atoms with Gasteiger partial charge in [-0.1, -0.05) is 12.1 Å². The fourth-order valence-electron chi connectivity index (χ4n) is 2.84. The molecule has 0 aliphatic carbocycles. The molecule has 0 amide bonds. The van der Waals surface area contributed by atoms with Crippen LogP contribution in [-0.2, 0) is 9.84 Å². The summed E-state index contributed by atoms with van der Waals surface area (Å²) in [7, 11) is -3.36. The normalized spacial score (nSPS) is 11.7. The van der Waals surface area contributed by atoms with Crippen molar-refractivity contribution in [2.45, 2.75) is 24.0 Å². The van der Waals surface area contributed by atoms with Crippen molar-refractivity contribution in [2.24, 2.45) is 0 Å². The van der Waals surface area contributed by atoms with Crippen LogP contribution >= 0.6 is 0 Å². The van der Waals surface area contributed by atoms with Crippen molar-refractivity contribution in [3.8, 4) is 34.3 Å². The number of nitrogen functional groups attached to an aromatic ring is 2. The fourth-order valence-corrected chi connectivity index (χ4v) is 3.90. The number of aromatic nitrogens is 4. The molecule has 2 heterocycles. The molecule has 2 aromatic carbocycles. The Hall–Kier alpha value is -3.79. The minimum atomic E-state index is -3.36. The summed E-state index contributed by atoms with van der Waals surface area (Å²) in [6, 6.07) is 13.5. The van der Waals surface area contributed by atoms with Crippen LogP contribution in [0.5, 0.6) is 0 Å². The van der Waals surface area contributed by atoms with Gasteiger partial charge in [0.1, 0.15) is 0 Å². The van der Waals surface area contributed by atoms with Gasteiger partial charge in [0, 0.05) is 22.5 Å². The molecule has 0 atom stereocenters. The number of rotatable bonds is 5. The molecule has 4 N–H and O–H groups in total. The van der Waals surface area contributed by atoms with E-state index in [0.717, 1.165) is 0 Å². The van der Waals surface area contributed by atoms with Crippen LogP contribution < -0.4 is 11.5 Å². The average molecular weight is 445 g/mol. The van der Waals surface area contributed by atoms with E-state index in [-0.39, 0.29) is 28.0 Å². The Kier molecular flexibility index (Phi) is 5.15. The number of anilines is 2. The summed E-state index contributed by atoms with van der Waals surface area (Å²) in [6.07, 6.45) is 1.50. The SMILES string of the molecule is CC(C)S(=O)(=O)c1ccc(-c2cnc(N)c(-c3nnc(-c4ccc(N)cc4)o3)n2)cc1.[HH].[HH].[HH].[HH]. The van der Waals surface area contributed by atoms with E-state index in [4.69, 9.17) is 15.9 Å². The molecule has 4 rings (SSSR count). The van der Waals surface area contributed by atoms with Crippen molar-refractivity contribution >= 4 is 21.3 Å². The van der Waals surface area contributed by atoms with Gasteiger partial charge in [-0.05, 0) is 50.2 Å². The summed E-state index contributed by atoms with van der Waals surface area (Å²) in [5, 5.41) is 7.58. The molecule has 9 nitrogen and oxygen atoms in total. The molecule has 0 radical (unpaired) electrons. The van der Waals surface area contributed by atoms with Gasteiger partial charge in [0.25, 0.3) is 5.89 Å². The second kappa shape index (κ2) is 7.80. The lowest BCUT2D eigenvalue weighted by Crippen LogP contribution is -2.13. The number of nitrogens with zero attached hydrogens (tertiary/aromatic N) is 4. The van der Waals surface area contributed by atoms with Gasteiger partial charge in [-0.25, -0.2) is 18.4 Å². The molecule has 0 saturated carbocycles. The Morgan fingerprint density at radius 3 is 2.16 bits per heavy atom. The Labute approximate surface area is 185 Å². The summed E-state index contributed by atoms with van der Waals surface area (Å²) in [4.78, 5) is 8.94.